The van der Waals surface area contributed by atoms with Crippen molar-refractivity contribution in [2.75, 3.05) is 0 Å². The zero-order valence-electron chi connectivity index (χ0n) is 21.9. The van der Waals surface area contributed by atoms with E-state index in [1.807, 2.05) is 37.3 Å². The van der Waals surface area contributed by atoms with Crippen molar-refractivity contribution in [3.63, 3.8) is 0 Å². The van der Waals surface area contributed by atoms with Crippen LogP contribution in [0.4, 0.5) is 8.78 Å². The van der Waals surface area contributed by atoms with Crippen LogP contribution in [0, 0.1) is 17.6 Å². The lowest BCUT2D eigenvalue weighted by molar-refractivity contribution is 0.310. The molecular formula is C34H40F2. The fourth-order valence-electron chi connectivity index (χ4n) is 5.73. The van der Waals surface area contributed by atoms with Gasteiger partial charge in [0.1, 0.15) is 11.6 Å². The average molecular weight is 487 g/mol. The smallest absolute Gasteiger partial charge is 0.129 e. The average Bonchev–Trinajstić information content (AvgIpc) is 2.91. The second kappa shape index (κ2) is 13.0. The van der Waals surface area contributed by atoms with Crippen molar-refractivity contribution >= 4 is 0 Å². The Morgan fingerprint density at radius 2 is 1.50 bits per heavy atom. The van der Waals surface area contributed by atoms with Gasteiger partial charge in [-0.15, -0.1) is 0 Å². The van der Waals surface area contributed by atoms with Gasteiger partial charge in [-0.1, -0.05) is 73.7 Å². The summed E-state index contributed by atoms with van der Waals surface area (Å²) >= 11 is 0. The quantitative estimate of drug-likeness (QED) is 0.250. The molecule has 0 heterocycles. The molecule has 4 rings (SSSR count). The van der Waals surface area contributed by atoms with Gasteiger partial charge in [0.25, 0.3) is 0 Å². The SMILES string of the molecule is C/C=C/CCc1ccc(C2CCC(CCc3cc(F)c(C[C@@H](C)c4ccccc4)c(F)c3)CC2)cc1. The minimum atomic E-state index is -0.398. The number of rotatable bonds is 10. The van der Waals surface area contributed by atoms with Gasteiger partial charge in [0.05, 0.1) is 0 Å². The molecule has 1 aliphatic carbocycles. The third kappa shape index (κ3) is 7.15. The summed E-state index contributed by atoms with van der Waals surface area (Å²) in [6.45, 7) is 4.10. The van der Waals surface area contributed by atoms with E-state index in [9.17, 15) is 8.78 Å². The Morgan fingerprint density at radius 1 is 0.833 bits per heavy atom. The van der Waals surface area contributed by atoms with Gasteiger partial charge in [0, 0.05) is 5.56 Å². The highest BCUT2D eigenvalue weighted by molar-refractivity contribution is 5.30. The number of aryl methyl sites for hydroxylation is 2. The molecule has 2 heteroatoms. The van der Waals surface area contributed by atoms with E-state index in [-0.39, 0.29) is 11.5 Å². The Hall–Kier alpha value is -2.74. The van der Waals surface area contributed by atoms with E-state index in [0.717, 1.165) is 36.8 Å². The topological polar surface area (TPSA) is 0 Å². The van der Waals surface area contributed by atoms with Crippen LogP contribution in [-0.2, 0) is 19.3 Å². The van der Waals surface area contributed by atoms with Crippen LogP contribution in [0.1, 0.15) is 92.0 Å². The lowest BCUT2D eigenvalue weighted by Gasteiger charge is -2.29. The molecule has 0 unspecified atom stereocenters. The maximum atomic E-state index is 14.9. The third-order valence-electron chi connectivity index (χ3n) is 8.05. The van der Waals surface area contributed by atoms with Crippen molar-refractivity contribution < 1.29 is 8.78 Å². The van der Waals surface area contributed by atoms with Crippen molar-refractivity contribution in [3.8, 4) is 0 Å². The van der Waals surface area contributed by atoms with Crippen molar-refractivity contribution in [1.82, 2.24) is 0 Å². The fourth-order valence-corrected chi connectivity index (χ4v) is 5.73. The third-order valence-corrected chi connectivity index (χ3v) is 8.05. The number of benzene rings is 3. The van der Waals surface area contributed by atoms with Crippen molar-refractivity contribution in [2.24, 2.45) is 5.92 Å². The largest absolute Gasteiger partial charge is 0.207 e. The van der Waals surface area contributed by atoms with Crippen molar-refractivity contribution in [1.29, 1.82) is 0 Å². The van der Waals surface area contributed by atoms with E-state index in [4.69, 9.17) is 0 Å². The van der Waals surface area contributed by atoms with Crippen molar-refractivity contribution in [3.05, 3.63) is 118 Å². The number of allylic oxidation sites excluding steroid dienone is 2. The lowest BCUT2D eigenvalue weighted by atomic mass is 9.76. The summed E-state index contributed by atoms with van der Waals surface area (Å²) in [4.78, 5) is 0. The van der Waals surface area contributed by atoms with Gasteiger partial charge in [-0.25, -0.2) is 8.78 Å². The number of hydrogen-bond donors (Lipinski definition) is 0. The molecule has 0 spiro atoms. The molecule has 0 aromatic heterocycles. The first kappa shape index (κ1) is 26.3. The summed E-state index contributed by atoms with van der Waals surface area (Å²) in [5.74, 6) is 0.568. The van der Waals surface area contributed by atoms with Gasteiger partial charge in [0.15, 0.2) is 0 Å². The van der Waals surface area contributed by atoms with Gasteiger partial charge in [0.2, 0.25) is 0 Å². The van der Waals surface area contributed by atoms with Crippen LogP contribution in [0.15, 0.2) is 78.9 Å². The fraction of sp³-hybridized carbons (Fsp3) is 0.412. The van der Waals surface area contributed by atoms with Crippen LogP contribution in [0.25, 0.3) is 0 Å². The Kier molecular flexibility index (Phi) is 9.50. The maximum absolute atomic E-state index is 14.9. The lowest BCUT2D eigenvalue weighted by Crippen LogP contribution is -2.14. The van der Waals surface area contributed by atoms with E-state index >= 15 is 0 Å². The van der Waals surface area contributed by atoms with E-state index in [1.54, 1.807) is 12.1 Å². The highest BCUT2D eigenvalue weighted by Crippen LogP contribution is 2.38. The van der Waals surface area contributed by atoms with Crippen LogP contribution in [0.3, 0.4) is 0 Å². The van der Waals surface area contributed by atoms with Gasteiger partial charge in [-0.3, -0.25) is 0 Å². The first-order valence-corrected chi connectivity index (χ1v) is 13.7. The monoisotopic (exact) mass is 486 g/mol. The summed E-state index contributed by atoms with van der Waals surface area (Å²) in [6, 6.07) is 22.3. The number of hydrogen-bond acceptors (Lipinski definition) is 0. The highest BCUT2D eigenvalue weighted by atomic mass is 19.1. The molecule has 1 fully saturated rings. The van der Waals surface area contributed by atoms with Crippen LogP contribution in [0.2, 0.25) is 0 Å². The van der Waals surface area contributed by atoms with E-state index in [1.165, 1.54) is 36.8 Å². The normalized spacial score (nSPS) is 19.0. The summed E-state index contributed by atoms with van der Waals surface area (Å²) in [6.07, 6.45) is 13.5. The van der Waals surface area contributed by atoms with E-state index in [2.05, 4.69) is 43.3 Å². The van der Waals surface area contributed by atoms with E-state index in [0.29, 0.717) is 18.3 Å². The molecule has 1 atom stereocenters. The van der Waals surface area contributed by atoms with Crippen LogP contribution in [0.5, 0.6) is 0 Å². The molecule has 0 aliphatic heterocycles. The van der Waals surface area contributed by atoms with Crippen LogP contribution >= 0.6 is 0 Å². The minimum Gasteiger partial charge on any atom is -0.207 e. The zero-order chi connectivity index (χ0) is 25.3. The second-order valence-corrected chi connectivity index (χ2v) is 10.7. The first-order valence-electron chi connectivity index (χ1n) is 13.7. The zero-order valence-corrected chi connectivity index (χ0v) is 21.9. The summed E-state index contributed by atoms with van der Waals surface area (Å²) in [5.41, 5.74) is 4.98. The second-order valence-electron chi connectivity index (χ2n) is 10.7. The Morgan fingerprint density at radius 3 is 2.14 bits per heavy atom. The minimum absolute atomic E-state index is 0.0747. The molecule has 190 valence electrons. The van der Waals surface area contributed by atoms with Crippen LogP contribution < -0.4 is 0 Å². The number of halogens is 2. The summed E-state index contributed by atoms with van der Waals surface area (Å²) in [7, 11) is 0. The molecule has 1 aliphatic rings. The van der Waals surface area contributed by atoms with Gasteiger partial charge >= 0.3 is 0 Å². The van der Waals surface area contributed by atoms with Gasteiger partial charge in [-0.05, 0) is 117 Å². The summed E-state index contributed by atoms with van der Waals surface area (Å²) in [5, 5.41) is 0. The molecule has 0 N–H and O–H groups in total. The van der Waals surface area contributed by atoms with Gasteiger partial charge < -0.3 is 0 Å². The molecule has 0 bridgehead atoms. The molecule has 0 saturated heterocycles. The van der Waals surface area contributed by atoms with Gasteiger partial charge in [-0.2, -0.15) is 0 Å². The molecule has 1 saturated carbocycles. The Labute approximate surface area is 216 Å². The maximum Gasteiger partial charge on any atom is 0.129 e. The van der Waals surface area contributed by atoms with Crippen LogP contribution in [-0.4, -0.2) is 0 Å². The molecule has 3 aromatic carbocycles. The highest BCUT2D eigenvalue weighted by Gasteiger charge is 2.23. The molecule has 0 radical (unpaired) electrons. The molecular weight excluding hydrogens is 446 g/mol. The molecule has 0 amide bonds. The molecule has 3 aromatic rings. The van der Waals surface area contributed by atoms with E-state index < -0.39 is 11.6 Å². The standard InChI is InChI=1S/C34H40F2/c1-3-4-6-9-26-14-18-30(19-15-26)31-20-16-27(17-21-31)12-13-28-23-33(35)32(34(36)24-28)22-25(2)29-10-7-5-8-11-29/h3-5,7-8,10-11,14-15,18-19,23-25,27,31H,6,9,12-13,16-17,20-22H2,1-2H3/b4-3+/t25-,27?,31?/m1/s1. The van der Waals surface area contributed by atoms with Crippen molar-refractivity contribution in [2.45, 2.75) is 83.5 Å². The predicted molar refractivity (Wildman–Crippen MR) is 148 cm³/mol. The molecule has 0 nitrogen and oxygen atoms in total. The Bertz CT molecular complexity index is 1080. The first-order chi connectivity index (χ1) is 17.5. The predicted octanol–water partition coefficient (Wildman–Crippen LogP) is 9.73. The Balaban J connectivity index is 1.26. The molecule has 36 heavy (non-hydrogen) atoms. The summed E-state index contributed by atoms with van der Waals surface area (Å²) < 4.78 is 29.7.